The Morgan fingerprint density at radius 3 is 3.00 bits per heavy atom. The zero-order chi connectivity index (χ0) is 12.1. The first-order valence-electron chi connectivity index (χ1n) is 5.33. The van der Waals surface area contributed by atoms with Crippen molar-refractivity contribution >= 4 is 0 Å². The quantitative estimate of drug-likeness (QED) is 0.845. The normalized spacial score (nSPS) is 10.1. The van der Waals surface area contributed by atoms with Crippen molar-refractivity contribution in [3.63, 3.8) is 0 Å². The van der Waals surface area contributed by atoms with E-state index in [1.54, 1.807) is 16.9 Å². The van der Waals surface area contributed by atoms with Gasteiger partial charge in [0.05, 0.1) is 23.5 Å². The van der Waals surface area contributed by atoms with Crippen LogP contribution >= 0.6 is 0 Å². The first-order chi connectivity index (χ1) is 8.29. The molecule has 0 atom stereocenters. The zero-order valence-corrected chi connectivity index (χ0v) is 9.59. The maximum Gasteiger partial charge on any atom is 0.0991 e. The lowest BCUT2D eigenvalue weighted by Gasteiger charge is -2.04. The number of hydrogen-bond donors (Lipinski definition) is 1. The Hall–Kier alpha value is -2.19. The third kappa shape index (κ3) is 2.89. The molecule has 2 aromatic rings. The fraction of sp³-hybridized carbons (Fsp3) is 0.250. The molecule has 0 aliphatic heterocycles. The maximum absolute atomic E-state index is 8.78. The van der Waals surface area contributed by atoms with Gasteiger partial charge in [-0.05, 0) is 17.7 Å². The SMILES string of the molecule is Cn1nncc1CNCc1cccc(C#N)c1. The first-order valence-corrected chi connectivity index (χ1v) is 5.33. The van der Waals surface area contributed by atoms with Gasteiger partial charge in [-0.15, -0.1) is 5.10 Å². The Kier molecular flexibility index (Phi) is 3.48. The van der Waals surface area contributed by atoms with E-state index in [0.717, 1.165) is 17.8 Å². The van der Waals surface area contributed by atoms with Gasteiger partial charge in [-0.1, -0.05) is 17.3 Å². The molecular weight excluding hydrogens is 214 g/mol. The summed E-state index contributed by atoms with van der Waals surface area (Å²) in [5.74, 6) is 0. The van der Waals surface area contributed by atoms with E-state index in [4.69, 9.17) is 5.26 Å². The summed E-state index contributed by atoms with van der Waals surface area (Å²) in [5, 5.41) is 19.7. The number of nitriles is 1. The van der Waals surface area contributed by atoms with E-state index in [9.17, 15) is 0 Å². The van der Waals surface area contributed by atoms with E-state index < -0.39 is 0 Å². The summed E-state index contributed by atoms with van der Waals surface area (Å²) in [7, 11) is 1.86. The van der Waals surface area contributed by atoms with Gasteiger partial charge in [0.15, 0.2) is 0 Å². The zero-order valence-electron chi connectivity index (χ0n) is 9.59. The topological polar surface area (TPSA) is 66.5 Å². The van der Waals surface area contributed by atoms with Crippen LogP contribution in [0.5, 0.6) is 0 Å². The molecule has 5 nitrogen and oxygen atoms in total. The lowest BCUT2D eigenvalue weighted by molar-refractivity contribution is 0.617. The number of benzene rings is 1. The molecule has 0 bridgehead atoms. The van der Waals surface area contributed by atoms with E-state index in [-0.39, 0.29) is 0 Å². The molecule has 2 rings (SSSR count). The van der Waals surface area contributed by atoms with Crippen LogP contribution in [-0.4, -0.2) is 15.0 Å². The lowest BCUT2D eigenvalue weighted by Crippen LogP contribution is -2.15. The van der Waals surface area contributed by atoms with Gasteiger partial charge in [0.1, 0.15) is 0 Å². The van der Waals surface area contributed by atoms with Gasteiger partial charge in [0, 0.05) is 20.1 Å². The molecule has 5 heteroatoms. The highest BCUT2D eigenvalue weighted by molar-refractivity contribution is 5.32. The molecule has 0 saturated heterocycles. The van der Waals surface area contributed by atoms with Crippen molar-refractivity contribution in [3.05, 3.63) is 47.3 Å². The summed E-state index contributed by atoms with van der Waals surface area (Å²) >= 11 is 0. The fourth-order valence-electron chi connectivity index (χ4n) is 1.56. The van der Waals surface area contributed by atoms with Crippen LogP contribution in [0.3, 0.4) is 0 Å². The molecule has 1 aromatic carbocycles. The van der Waals surface area contributed by atoms with Crippen molar-refractivity contribution in [2.45, 2.75) is 13.1 Å². The van der Waals surface area contributed by atoms with Gasteiger partial charge in [-0.2, -0.15) is 5.26 Å². The summed E-state index contributed by atoms with van der Waals surface area (Å²) < 4.78 is 1.73. The number of hydrogen-bond acceptors (Lipinski definition) is 4. The van der Waals surface area contributed by atoms with Crippen LogP contribution in [0.1, 0.15) is 16.8 Å². The predicted octanol–water partition coefficient (Wildman–Crippen LogP) is 0.977. The summed E-state index contributed by atoms with van der Waals surface area (Å²) in [5.41, 5.74) is 2.81. The molecule has 0 aliphatic carbocycles. The van der Waals surface area contributed by atoms with Crippen LogP contribution in [0.25, 0.3) is 0 Å². The number of rotatable bonds is 4. The minimum Gasteiger partial charge on any atom is -0.307 e. The Morgan fingerprint density at radius 1 is 1.41 bits per heavy atom. The Bertz CT molecular complexity index is 538. The second-order valence-corrected chi connectivity index (χ2v) is 3.76. The number of nitrogens with zero attached hydrogens (tertiary/aromatic N) is 4. The molecule has 0 amide bonds. The Morgan fingerprint density at radius 2 is 2.29 bits per heavy atom. The van der Waals surface area contributed by atoms with E-state index in [1.807, 2.05) is 25.2 Å². The summed E-state index contributed by atoms with van der Waals surface area (Å²) in [4.78, 5) is 0. The molecular formula is C12H13N5. The minimum atomic E-state index is 0.687. The second-order valence-electron chi connectivity index (χ2n) is 3.76. The largest absolute Gasteiger partial charge is 0.307 e. The standard InChI is InChI=1S/C12H13N5/c1-17-12(9-15-16-17)8-14-7-11-4-2-3-10(5-11)6-13/h2-5,9,14H,7-8H2,1H3. The molecule has 0 fully saturated rings. The average molecular weight is 227 g/mol. The highest BCUT2D eigenvalue weighted by atomic mass is 15.4. The van der Waals surface area contributed by atoms with Crippen LogP contribution in [0.2, 0.25) is 0 Å². The summed E-state index contributed by atoms with van der Waals surface area (Å²) in [6, 6.07) is 9.70. The molecule has 0 spiro atoms. The summed E-state index contributed by atoms with van der Waals surface area (Å²) in [6.45, 7) is 1.43. The molecule has 0 unspecified atom stereocenters. The van der Waals surface area contributed by atoms with Gasteiger partial charge in [0.2, 0.25) is 0 Å². The smallest absolute Gasteiger partial charge is 0.0991 e. The van der Waals surface area contributed by atoms with Gasteiger partial charge < -0.3 is 5.32 Å². The summed E-state index contributed by atoms with van der Waals surface area (Å²) in [6.07, 6.45) is 1.73. The fourth-order valence-corrected chi connectivity index (χ4v) is 1.56. The van der Waals surface area contributed by atoms with Crippen molar-refractivity contribution in [1.29, 1.82) is 5.26 Å². The van der Waals surface area contributed by atoms with Crippen molar-refractivity contribution in [2.75, 3.05) is 0 Å². The Balaban J connectivity index is 1.90. The number of aromatic nitrogens is 3. The van der Waals surface area contributed by atoms with Gasteiger partial charge in [-0.3, -0.25) is 4.68 Å². The molecule has 1 N–H and O–H groups in total. The third-order valence-electron chi connectivity index (χ3n) is 2.50. The second kappa shape index (κ2) is 5.23. The molecule has 1 heterocycles. The molecule has 1 aromatic heterocycles. The minimum absolute atomic E-state index is 0.687. The average Bonchev–Trinajstić information content (AvgIpc) is 2.76. The predicted molar refractivity (Wildman–Crippen MR) is 62.7 cm³/mol. The van der Waals surface area contributed by atoms with E-state index in [0.29, 0.717) is 12.1 Å². The van der Waals surface area contributed by atoms with Crippen molar-refractivity contribution in [1.82, 2.24) is 20.3 Å². The Labute approximate surface area is 99.7 Å². The lowest BCUT2D eigenvalue weighted by atomic mass is 10.1. The van der Waals surface area contributed by atoms with Crippen LogP contribution in [0.4, 0.5) is 0 Å². The van der Waals surface area contributed by atoms with Gasteiger partial charge in [-0.25, -0.2) is 0 Å². The van der Waals surface area contributed by atoms with Crippen molar-refractivity contribution in [2.24, 2.45) is 7.05 Å². The maximum atomic E-state index is 8.78. The van der Waals surface area contributed by atoms with Gasteiger partial charge >= 0.3 is 0 Å². The van der Waals surface area contributed by atoms with Gasteiger partial charge in [0.25, 0.3) is 0 Å². The van der Waals surface area contributed by atoms with Crippen molar-refractivity contribution < 1.29 is 0 Å². The van der Waals surface area contributed by atoms with E-state index in [2.05, 4.69) is 21.7 Å². The molecule has 17 heavy (non-hydrogen) atoms. The molecule has 0 radical (unpaired) electrons. The van der Waals surface area contributed by atoms with E-state index >= 15 is 0 Å². The third-order valence-corrected chi connectivity index (χ3v) is 2.50. The van der Waals surface area contributed by atoms with Crippen LogP contribution in [0.15, 0.2) is 30.5 Å². The number of nitrogens with one attached hydrogen (secondary N) is 1. The highest BCUT2D eigenvalue weighted by Gasteiger charge is 1.99. The van der Waals surface area contributed by atoms with Crippen molar-refractivity contribution in [3.8, 4) is 6.07 Å². The van der Waals surface area contributed by atoms with Crippen LogP contribution in [-0.2, 0) is 20.1 Å². The molecule has 0 saturated carbocycles. The molecule has 0 aliphatic rings. The van der Waals surface area contributed by atoms with Crippen LogP contribution < -0.4 is 5.32 Å². The van der Waals surface area contributed by atoms with Crippen LogP contribution in [0, 0.1) is 11.3 Å². The highest BCUT2D eigenvalue weighted by Crippen LogP contribution is 2.04. The monoisotopic (exact) mass is 227 g/mol. The molecule has 86 valence electrons. The number of aryl methyl sites for hydroxylation is 1. The van der Waals surface area contributed by atoms with E-state index in [1.165, 1.54) is 0 Å². The first kappa shape index (κ1) is 11.3.